The van der Waals surface area contributed by atoms with Gasteiger partial charge >= 0.3 is 0 Å². The highest BCUT2D eigenvalue weighted by Crippen LogP contribution is 2.27. The van der Waals surface area contributed by atoms with E-state index in [1.165, 1.54) is 6.39 Å². The fourth-order valence-electron chi connectivity index (χ4n) is 1.42. The van der Waals surface area contributed by atoms with Crippen molar-refractivity contribution in [3.8, 4) is 11.5 Å². The van der Waals surface area contributed by atoms with Crippen LogP contribution in [0.3, 0.4) is 0 Å². The van der Waals surface area contributed by atoms with Crippen molar-refractivity contribution in [2.45, 2.75) is 13.8 Å². The molecule has 0 aliphatic rings. The van der Waals surface area contributed by atoms with Gasteiger partial charge in [0.1, 0.15) is 11.4 Å². The van der Waals surface area contributed by atoms with Crippen LogP contribution in [0.15, 0.2) is 17.0 Å². The van der Waals surface area contributed by atoms with Gasteiger partial charge in [-0.2, -0.15) is 10.2 Å². The SMILES string of the molecule is Cc1[nH]nc(-c2cnco2)c1Cl.Cc1[nH]nc(C=O)c1Cl. The van der Waals surface area contributed by atoms with Crippen molar-refractivity contribution in [1.29, 1.82) is 0 Å². The Morgan fingerprint density at radius 3 is 2.19 bits per heavy atom. The first kappa shape index (κ1) is 15.3. The van der Waals surface area contributed by atoms with Crippen molar-refractivity contribution >= 4 is 29.5 Å². The molecule has 0 fully saturated rings. The van der Waals surface area contributed by atoms with E-state index in [0.29, 0.717) is 27.8 Å². The number of nitrogens with zero attached hydrogens (tertiary/aromatic N) is 3. The Hall–Kier alpha value is -2.12. The summed E-state index contributed by atoms with van der Waals surface area (Å²) < 4.78 is 5.04. The molecular formula is C12H11Cl2N5O2. The second-order valence-electron chi connectivity index (χ2n) is 4.04. The molecule has 2 N–H and O–H groups in total. The van der Waals surface area contributed by atoms with Gasteiger partial charge in [0.15, 0.2) is 18.4 Å². The Morgan fingerprint density at radius 1 is 1.14 bits per heavy atom. The number of halogens is 2. The monoisotopic (exact) mass is 327 g/mol. The molecule has 3 heterocycles. The molecule has 0 unspecified atom stereocenters. The number of aromatic amines is 2. The van der Waals surface area contributed by atoms with Crippen LogP contribution in [0.1, 0.15) is 21.9 Å². The molecule has 0 atom stereocenters. The highest BCUT2D eigenvalue weighted by atomic mass is 35.5. The maximum Gasteiger partial charge on any atom is 0.181 e. The standard InChI is InChI=1S/C7H6ClN3O.C5H5ClN2O/c1-4-6(8)7(11-10-4)5-2-9-3-12-5;1-3-5(6)4(2-9)8-7-3/h2-3H,1H3,(H,10,11);2H,1H3,(H,7,8). The van der Waals surface area contributed by atoms with Crippen LogP contribution >= 0.6 is 23.2 Å². The van der Waals surface area contributed by atoms with Gasteiger partial charge < -0.3 is 4.42 Å². The topological polar surface area (TPSA) is 100 Å². The van der Waals surface area contributed by atoms with Gasteiger partial charge in [-0.25, -0.2) is 4.98 Å². The van der Waals surface area contributed by atoms with Crippen LogP contribution in [-0.4, -0.2) is 31.7 Å². The van der Waals surface area contributed by atoms with Crippen molar-refractivity contribution in [2.24, 2.45) is 0 Å². The first-order chi connectivity index (χ1) is 10.0. The molecule has 0 aromatic carbocycles. The number of rotatable bonds is 2. The minimum atomic E-state index is 0.272. The summed E-state index contributed by atoms with van der Waals surface area (Å²) in [6, 6.07) is 0. The average Bonchev–Trinajstić information content (AvgIpc) is 3.17. The van der Waals surface area contributed by atoms with Crippen molar-refractivity contribution in [3.63, 3.8) is 0 Å². The Bertz CT molecular complexity index is 733. The predicted octanol–water partition coefficient (Wildman–Crippen LogP) is 3.21. The lowest BCUT2D eigenvalue weighted by Gasteiger charge is -1.87. The molecule has 0 radical (unpaired) electrons. The van der Waals surface area contributed by atoms with Crippen molar-refractivity contribution in [2.75, 3.05) is 0 Å². The molecule has 0 aliphatic carbocycles. The van der Waals surface area contributed by atoms with Gasteiger partial charge in [-0.05, 0) is 13.8 Å². The Morgan fingerprint density at radius 2 is 1.81 bits per heavy atom. The zero-order valence-corrected chi connectivity index (χ0v) is 12.7. The highest BCUT2D eigenvalue weighted by Gasteiger charge is 2.12. The highest BCUT2D eigenvalue weighted by molar-refractivity contribution is 6.33. The molecule has 0 spiro atoms. The van der Waals surface area contributed by atoms with Crippen LogP contribution in [0, 0.1) is 13.8 Å². The van der Waals surface area contributed by atoms with Gasteiger partial charge in [-0.3, -0.25) is 15.0 Å². The number of aryl methyl sites for hydroxylation is 2. The number of nitrogens with one attached hydrogen (secondary N) is 2. The van der Waals surface area contributed by atoms with Crippen LogP contribution in [0.25, 0.3) is 11.5 Å². The zero-order valence-electron chi connectivity index (χ0n) is 11.1. The summed E-state index contributed by atoms with van der Waals surface area (Å²) in [6.07, 6.45) is 3.53. The molecule has 9 heteroatoms. The van der Waals surface area contributed by atoms with Gasteiger partial charge in [0.25, 0.3) is 0 Å². The molecule has 3 rings (SSSR count). The number of oxazole rings is 1. The molecule has 0 saturated heterocycles. The molecule has 0 amide bonds. The van der Waals surface area contributed by atoms with Gasteiger partial charge in [0.05, 0.1) is 27.6 Å². The minimum absolute atomic E-state index is 0.272. The van der Waals surface area contributed by atoms with Crippen LogP contribution < -0.4 is 0 Å². The second kappa shape index (κ2) is 6.55. The van der Waals surface area contributed by atoms with Gasteiger partial charge in [0.2, 0.25) is 0 Å². The van der Waals surface area contributed by atoms with E-state index in [2.05, 4.69) is 25.4 Å². The normalized spacial score (nSPS) is 10.1. The summed E-state index contributed by atoms with van der Waals surface area (Å²) in [5.41, 5.74) is 2.42. The van der Waals surface area contributed by atoms with Crippen molar-refractivity contribution in [1.82, 2.24) is 25.4 Å². The lowest BCUT2D eigenvalue weighted by Crippen LogP contribution is -1.77. The minimum Gasteiger partial charge on any atom is -0.442 e. The number of hydrogen-bond acceptors (Lipinski definition) is 5. The van der Waals surface area contributed by atoms with E-state index in [-0.39, 0.29) is 5.69 Å². The van der Waals surface area contributed by atoms with Crippen LogP contribution in [-0.2, 0) is 0 Å². The molecule has 0 saturated carbocycles. The van der Waals surface area contributed by atoms with E-state index in [9.17, 15) is 4.79 Å². The molecule has 3 aromatic rings. The number of hydrogen-bond donors (Lipinski definition) is 2. The lowest BCUT2D eigenvalue weighted by atomic mass is 10.3. The maximum atomic E-state index is 10.1. The lowest BCUT2D eigenvalue weighted by molar-refractivity contribution is 0.111. The molecule has 7 nitrogen and oxygen atoms in total. The largest absolute Gasteiger partial charge is 0.442 e. The first-order valence-corrected chi connectivity index (χ1v) is 6.55. The van der Waals surface area contributed by atoms with E-state index in [1.807, 2.05) is 6.92 Å². The fraction of sp³-hybridized carbons (Fsp3) is 0.167. The van der Waals surface area contributed by atoms with Crippen molar-refractivity contribution in [3.05, 3.63) is 39.7 Å². The predicted molar refractivity (Wildman–Crippen MR) is 77.6 cm³/mol. The molecule has 110 valence electrons. The third-order valence-corrected chi connectivity index (χ3v) is 3.49. The Labute approximate surface area is 129 Å². The van der Waals surface area contributed by atoms with Gasteiger partial charge in [-0.1, -0.05) is 23.2 Å². The second-order valence-corrected chi connectivity index (χ2v) is 4.80. The van der Waals surface area contributed by atoms with E-state index in [4.69, 9.17) is 27.6 Å². The van der Waals surface area contributed by atoms with Gasteiger partial charge in [0, 0.05) is 0 Å². The number of carbonyl (C=O) groups excluding carboxylic acids is 1. The molecular weight excluding hydrogens is 317 g/mol. The quantitative estimate of drug-likeness (QED) is 0.704. The Balaban J connectivity index is 0.000000161. The number of H-pyrrole nitrogens is 2. The zero-order chi connectivity index (χ0) is 15.4. The van der Waals surface area contributed by atoms with E-state index in [1.54, 1.807) is 13.1 Å². The summed E-state index contributed by atoms with van der Waals surface area (Å²) in [5.74, 6) is 0.573. The van der Waals surface area contributed by atoms with E-state index in [0.717, 1.165) is 11.4 Å². The molecule has 0 aliphatic heterocycles. The Kier molecular flexibility index (Phi) is 4.77. The van der Waals surface area contributed by atoms with Crippen LogP contribution in [0.5, 0.6) is 0 Å². The first-order valence-electron chi connectivity index (χ1n) is 5.79. The summed E-state index contributed by atoms with van der Waals surface area (Å²) in [6.45, 7) is 3.59. The smallest absolute Gasteiger partial charge is 0.181 e. The maximum absolute atomic E-state index is 10.1. The molecule has 0 bridgehead atoms. The number of carbonyl (C=O) groups is 1. The third kappa shape index (κ3) is 3.32. The summed E-state index contributed by atoms with van der Waals surface area (Å²) in [5, 5.41) is 13.9. The van der Waals surface area contributed by atoms with E-state index >= 15 is 0 Å². The van der Waals surface area contributed by atoms with E-state index < -0.39 is 0 Å². The molecule has 3 aromatic heterocycles. The third-order valence-electron chi connectivity index (χ3n) is 2.55. The van der Waals surface area contributed by atoms with Crippen LogP contribution in [0.4, 0.5) is 0 Å². The van der Waals surface area contributed by atoms with Crippen LogP contribution in [0.2, 0.25) is 10.0 Å². The number of aldehydes is 1. The van der Waals surface area contributed by atoms with Gasteiger partial charge in [-0.15, -0.1) is 0 Å². The average molecular weight is 328 g/mol. The van der Waals surface area contributed by atoms with Crippen molar-refractivity contribution < 1.29 is 9.21 Å². The summed E-state index contributed by atoms with van der Waals surface area (Å²) >= 11 is 11.5. The summed E-state index contributed by atoms with van der Waals surface area (Å²) in [7, 11) is 0. The summed E-state index contributed by atoms with van der Waals surface area (Å²) in [4.78, 5) is 13.8. The fourth-order valence-corrected chi connectivity index (χ4v) is 1.73. The number of aromatic nitrogens is 5. The molecule has 21 heavy (non-hydrogen) atoms.